The molecule has 0 heterocycles. The van der Waals surface area contributed by atoms with Crippen molar-refractivity contribution in [1.82, 2.24) is 0 Å². The molecule has 0 spiro atoms. The minimum atomic E-state index is -0.337. The van der Waals surface area contributed by atoms with E-state index in [2.05, 4.69) is 41.5 Å². The van der Waals surface area contributed by atoms with Gasteiger partial charge in [-0.05, 0) is 24.0 Å². The van der Waals surface area contributed by atoms with E-state index in [-0.39, 0.29) is 7.27 Å². The monoisotopic (exact) mass is 194 g/mol. The van der Waals surface area contributed by atoms with Crippen LogP contribution in [0.2, 0.25) is 0 Å². The Kier molecular flexibility index (Phi) is 3.86. The summed E-state index contributed by atoms with van der Waals surface area (Å²) in [5.41, 5.74) is 0.376. The third kappa shape index (κ3) is 5.93. The Morgan fingerprint density at radius 2 is 1.36 bits per heavy atom. The number of hydrogen-bond acceptors (Lipinski definition) is 0. The van der Waals surface area contributed by atoms with Crippen molar-refractivity contribution < 1.29 is 0 Å². The van der Waals surface area contributed by atoms with Gasteiger partial charge in [-0.25, -0.2) is 0 Å². The third-order valence-electron chi connectivity index (χ3n) is 1.34. The molecule has 0 aliphatic heterocycles. The Hall–Kier alpha value is 0.720. The molecule has 0 rings (SSSR count). The molecule has 0 nitrogen and oxygen atoms in total. The van der Waals surface area contributed by atoms with Gasteiger partial charge in [-0.3, -0.25) is 0 Å². The summed E-state index contributed by atoms with van der Waals surface area (Å²) in [5, 5.41) is 0.296. The van der Waals surface area contributed by atoms with Crippen molar-refractivity contribution >= 4 is 18.5 Å². The highest BCUT2D eigenvalue weighted by Gasteiger charge is 2.26. The van der Waals surface area contributed by atoms with Gasteiger partial charge in [-0.15, -0.1) is 0 Å². The van der Waals surface area contributed by atoms with Crippen LogP contribution in [0.4, 0.5) is 0 Å². The van der Waals surface area contributed by atoms with Gasteiger partial charge in [0, 0.05) is 0 Å². The summed E-state index contributed by atoms with van der Waals surface area (Å²) < 4.78 is 0. The molecule has 68 valence electrons. The predicted octanol–water partition coefficient (Wildman–Crippen LogP) is 4.47. The maximum Gasteiger partial charge on any atom is -0.00371 e. The first kappa shape index (κ1) is 11.7. The summed E-state index contributed by atoms with van der Waals surface area (Å²) in [7, 11) is -0.337. The molecule has 2 heteroatoms. The molecule has 1 atom stereocenters. The van der Waals surface area contributed by atoms with Gasteiger partial charge in [-0.1, -0.05) is 52.8 Å². The minimum absolute atomic E-state index is 0.296. The molecule has 0 amide bonds. The molecule has 11 heavy (non-hydrogen) atoms. The van der Waals surface area contributed by atoms with Crippen LogP contribution >= 0.6 is 18.5 Å². The second-order valence-electron chi connectivity index (χ2n) is 5.25. The summed E-state index contributed by atoms with van der Waals surface area (Å²) in [6, 6.07) is 0. The smallest absolute Gasteiger partial charge is 0.00371 e. The first-order valence-electron chi connectivity index (χ1n) is 4.06. The molecule has 0 aliphatic carbocycles. The molecule has 0 saturated heterocycles. The van der Waals surface area contributed by atoms with E-state index in [0.717, 1.165) is 6.16 Å². The van der Waals surface area contributed by atoms with Gasteiger partial charge in [-0.2, -0.15) is 0 Å². The average molecular weight is 195 g/mol. The quantitative estimate of drug-likeness (QED) is 0.541. The Bertz CT molecular complexity index is 119. The lowest BCUT2D eigenvalue weighted by Crippen LogP contribution is -2.17. The molecule has 1 unspecified atom stereocenters. The van der Waals surface area contributed by atoms with Gasteiger partial charge in [0.1, 0.15) is 0 Å². The topological polar surface area (TPSA) is 0 Å². The van der Waals surface area contributed by atoms with Crippen molar-refractivity contribution in [3.05, 3.63) is 0 Å². The zero-order chi connectivity index (χ0) is 9.28. The van der Waals surface area contributed by atoms with Crippen LogP contribution < -0.4 is 0 Å². The van der Waals surface area contributed by atoms with Crippen molar-refractivity contribution in [2.45, 2.75) is 46.7 Å². The second-order valence-corrected chi connectivity index (χ2v) is 8.86. The van der Waals surface area contributed by atoms with Crippen molar-refractivity contribution in [3.8, 4) is 0 Å². The van der Waals surface area contributed by atoms with Crippen molar-refractivity contribution in [1.29, 1.82) is 0 Å². The van der Waals surface area contributed by atoms with E-state index < -0.39 is 0 Å². The molecule has 0 aromatic rings. The van der Waals surface area contributed by atoms with Crippen LogP contribution in [0, 0.1) is 5.41 Å². The lowest BCUT2D eigenvalue weighted by atomic mass is 10.0. The molecule has 0 radical (unpaired) electrons. The Morgan fingerprint density at radius 1 is 1.00 bits per heavy atom. The van der Waals surface area contributed by atoms with Gasteiger partial charge in [0.05, 0.1) is 0 Å². The number of rotatable bonds is 1. The van der Waals surface area contributed by atoms with Gasteiger partial charge >= 0.3 is 0 Å². The summed E-state index contributed by atoms with van der Waals surface area (Å²) in [6.45, 7) is 13.4. The van der Waals surface area contributed by atoms with Crippen LogP contribution in [0.5, 0.6) is 0 Å². The van der Waals surface area contributed by atoms with Crippen molar-refractivity contribution in [2.75, 3.05) is 6.16 Å². The van der Waals surface area contributed by atoms with Gasteiger partial charge in [0.15, 0.2) is 0 Å². The molecule has 0 aliphatic rings. The van der Waals surface area contributed by atoms with E-state index in [1.165, 1.54) is 0 Å². The second kappa shape index (κ2) is 3.62. The Morgan fingerprint density at radius 3 is 1.45 bits per heavy atom. The van der Waals surface area contributed by atoms with Crippen LogP contribution in [0.3, 0.4) is 0 Å². The summed E-state index contributed by atoms with van der Waals surface area (Å²) in [6.07, 6.45) is 1.15. The van der Waals surface area contributed by atoms with Crippen LogP contribution in [0.25, 0.3) is 0 Å². The standard InChI is InChI=1S/C9H20ClP/c1-8(2,3)7-11(10)9(4,5)6/h7H2,1-6H3. The molecule has 0 saturated carbocycles. The molecule has 0 aromatic carbocycles. The lowest BCUT2D eigenvalue weighted by Gasteiger charge is -2.30. The van der Waals surface area contributed by atoms with Crippen molar-refractivity contribution in [3.63, 3.8) is 0 Å². The van der Waals surface area contributed by atoms with Gasteiger partial charge in [0.2, 0.25) is 0 Å². The fourth-order valence-corrected chi connectivity index (χ4v) is 3.04. The fourth-order valence-electron chi connectivity index (χ4n) is 0.654. The van der Waals surface area contributed by atoms with E-state index >= 15 is 0 Å². The Balaban J connectivity index is 3.99. The largest absolute Gasteiger partial charge is 0.0959 e. The van der Waals surface area contributed by atoms with E-state index in [9.17, 15) is 0 Å². The SMILES string of the molecule is CC(C)(C)CP(Cl)C(C)(C)C. The van der Waals surface area contributed by atoms with Crippen molar-refractivity contribution in [2.24, 2.45) is 5.41 Å². The zero-order valence-corrected chi connectivity index (χ0v) is 10.2. The van der Waals surface area contributed by atoms with Gasteiger partial charge < -0.3 is 0 Å². The van der Waals surface area contributed by atoms with E-state index in [0.29, 0.717) is 10.6 Å². The molecule has 0 bridgehead atoms. The Labute approximate surface area is 77.3 Å². The molecular weight excluding hydrogens is 175 g/mol. The number of hydrogen-bond donors (Lipinski definition) is 0. The van der Waals surface area contributed by atoms with Crippen LogP contribution in [0.15, 0.2) is 0 Å². The first-order chi connectivity index (χ1) is 4.63. The summed E-state index contributed by atoms with van der Waals surface area (Å²) in [5.74, 6) is 0. The average Bonchev–Trinajstić information content (AvgIpc) is 1.56. The molecule has 0 fully saturated rings. The van der Waals surface area contributed by atoms with Crippen LogP contribution in [-0.2, 0) is 0 Å². The minimum Gasteiger partial charge on any atom is -0.0959 e. The number of halogens is 1. The maximum absolute atomic E-state index is 6.31. The van der Waals surface area contributed by atoms with Crippen LogP contribution in [0.1, 0.15) is 41.5 Å². The van der Waals surface area contributed by atoms with E-state index in [1.807, 2.05) is 0 Å². The van der Waals surface area contributed by atoms with Crippen LogP contribution in [-0.4, -0.2) is 11.3 Å². The lowest BCUT2D eigenvalue weighted by molar-refractivity contribution is 0.475. The fraction of sp³-hybridized carbons (Fsp3) is 1.00. The zero-order valence-electron chi connectivity index (χ0n) is 8.53. The summed E-state index contributed by atoms with van der Waals surface area (Å²) in [4.78, 5) is 0. The van der Waals surface area contributed by atoms with Gasteiger partial charge in [0.25, 0.3) is 0 Å². The molecule has 0 N–H and O–H groups in total. The molecule has 0 aromatic heterocycles. The first-order valence-corrected chi connectivity index (χ1v) is 6.49. The maximum atomic E-state index is 6.31. The predicted molar refractivity (Wildman–Crippen MR) is 56.8 cm³/mol. The summed E-state index contributed by atoms with van der Waals surface area (Å²) >= 11 is 6.31. The highest BCUT2D eigenvalue weighted by molar-refractivity contribution is 7.85. The van der Waals surface area contributed by atoms with E-state index in [4.69, 9.17) is 11.2 Å². The normalized spacial score (nSPS) is 16.6. The van der Waals surface area contributed by atoms with E-state index in [1.54, 1.807) is 0 Å². The molecular formula is C9H20ClP. The highest BCUT2D eigenvalue weighted by atomic mass is 35.7. The highest BCUT2D eigenvalue weighted by Crippen LogP contribution is 2.56. The third-order valence-corrected chi connectivity index (χ3v) is 5.90.